The fourth-order valence-electron chi connectivity index (χ4n) is 3.53. The van der Waals surface area contributed by atoms with E-state index in [1.807, 2.05) is 12.1 Å². The summed E-state index contributed by atoms with van der Waals surface area (Å²) >= 11 is 0. The second-order valence-corrected chi connectivity index (χ2v) is 9.06. The summed E-state index contributed by atoms with van der Waals surface area (Å²) in [6.45, 7) is 9.38. The van der Waals surface area contributed by atoms with Gasteiger partial charge in [-0.25, -0.2) is 8.42 Å². The van der Waals surface area contributed by atoms with E-state index >= 15 is 0 Å². The molecular weight excluding hydrogens is 350 g/mol. The minimum absolute atomic E-state index is 0.268. The molecule has 144 valence electrons. The molecule has 26 heavy (non-hydrogen) atoms. The van der Waals surface area contributed by atoms with Gasteiger partial charge in [0.2, 0.25) is 10.0 Å². The van der Waals surface area contributed by atoms with Crippen molar-refractivity contribution in [3.05, 3.63) is 35.9 Å². The Labute approximate surface area is 156 Å². The number of sulfonamides is 1. The van der Waals surface area contributed by atoms with Crippen LogP contribution in [-0.2, 0) is 16.6 Å². The maximum Gasteiger partial charge on any atom is 0.211 e. The molecule has 6 nitrogen and oxygen atoms in total. The zero-order chi connectivity index (χ0) is 18.6. The van der Waals surface area contributed by atoms with Gasteiger partial charge in [-0.15, -0.1) is 0 Å². The SMILES string of the molecule is C=Cc1cc(CN2CCN(S(C)(=O)=O)CC2)ccc1OC1CCNCC1. The van der Waals surface area contributed by atoms with Crippen LogP contribution in [-0.4, -0.2) is 69.3 Å². The Morgan fingerprint density at radius 2 is 1.92 bits per heavy atom. The van der Waals surface area contributed by atoms with Gasteiger partial charge in [-0.1, -0.05) is 18.7 Å². The highest BCUT2D eigenvalue weighted by molar-refractivity contribution is 7.88. The first-order chi connectivity index (χ1) is 12.5. The van der Waals surface area contributed by atoms with Crippen LogP contribution in [0, 0.1) is 0 Å². The molecule has 0 atom stereocenters. The van der Waals surface area contributed by atoms with E-state index in [9.17, 15) is 8.42 Å². The lowest BCUT2D eigenvalue weighted by Gasteiger charge is -2.33. The van der Waals surface area contributed by atoms with Gasteiger partial charge in [-0.2, -0.15) is 4.31 Å². The fraction of sp³-hybridized carbons (Fsp3) is 0.579. The summed E-state index contributed by atoms with van der Waals surface area (Å²) in [5.74, 6) is 0.901. The molecule has 1 aromatic rings. The molecule has 0 saturated carbocycles. The number of piperazine rings is 1. The predicted molar refractivity (Wildman–Crippen MR) is 105 cm³/mol. The highest BCUT2D eigenvalue weighted by atomic mass is 32.2. The van der Waals surface area contributed by atoms with Gasteiger partial charge in [0.1, 0.15) is 11.9 Å². The molecule has 0 bridgehead atoms. The lowest BCUT2D eigenvalue weighted by atomic mass is 10.1. The summed E-state index contributed by atoms with van der Waals surface area (Å²) in [5.41, 5.74) is 2.22. The minimum Gasteiger partial charge on any atom is -0.490 e. The van der Waals surface area contributed by atoms with Crippen LogP contribution in [0.4, 0.5) is 0 Å². The van der Waals surface area contributed by atoms with E-state index in [1.165, 1.54) is 11.8 Å². The van der Waals surface area contributed by atoms with Crippen molar-refractivity contribution in [2.75, 3.05) is 45.5 Å². The van der Waals surface area contributed by atoms with E-state index in [4.69, 9.17) is 4.74 Å². The topological polar surface area (TPSA) is 61.9 Å². The third-order valence-electron chi connectivity index (χ3n) is 5.08. The van der Waals surface area contributed by atoms with Crippen molar-refractivity contribution in [2.24, 2.45) is 0 Å². The van der Waals surface area contributed by atoms with E-state index in [1.54, 1.807) is 4.31 Å². The molecule has 2 aliphatic rings. The second kappa shape index (κ2) is 8.52. The van der Waals surface area contributed by atoms with E-state index in [0.717, 1.165) is 56.9 Å². The molecule has 2 heterocycles. The van der Waals surface area contributed by atoms with Gasteiger partial charge in [0.05, 0.1) is 6.26 Å². The number of ether oxygens (including phenoxy) is 1. The monoisotopic (exact) mass is 379 g/mol. The van der Waals surface area contributed by atoms with Crippen molar-refractivity contribution in [3.63, 3.8) is 0 Å². The number of piperidine rings is 1. The maximum absolute atomic E-state index is 11.6. The predicted octanol–water partition coefficient (Wildman–Crippen LogP) is 1.54. The Kier molecular flexibility index (Phi) is 6.34. The number of hydrogen-bond acceptors (Lipinski definition) is 5. The van der Waals surface area contributed by atoms with E-state index in [2.05, 4.69) is 28.9 Å². The average molecular weight is 380 g/mol. The first kappa shape index (κ1) is 19.4. The van der Waals surface area contributed by atoms with Crippen LogP contribution in [0.5, 0.6) is 5.75 Å². The summed E-state index contributed by atoms with van der Waals surface area (Å²) < 4.78 is 31.0. The van der Waals surface area contributed by atoms with Crippen molar-refractivity contribution >= 4 is 16.1 Å². The van der Waals surface area contributed by atoms with Crippen LogP contribution in [0.15, 0.2) is 24.8 Å². The Bertz CT molecular complexity index is 722. The molecule has 2 fully saturated rings. The van der Waals surface area contributed by atoms with Crippen LogP contribution >= 0.6 is 0 Å². The summed E-state index contributed by atoms with van der Waals surface area (Å²) in [7, 11) is -3.08. The van der Waals surface area contributed by atoms with Gasteiger partial charge in [0, 0.05) is 38.3 Å². The largest absolute Gasteiger partial charge is 0.490 e. The molecule has 0 spiro atoms. The number of benzene rings is 1. The molecule has 0 radical (unpaired) electrons. The third-order valence-corrected chi connectivity index (χ3v) is 6.38. The maximum atomic E-state index is 11.6. The first-order valence-corrected chi connectivity index (χ1v) is 11.1. The van der Waals surface area contributed by atoms with Crippen molar-refractivity contribution in [2.45, 2.75) is 25.5 Å². The summed E-state index contributed by atoms with van der Waals surface area (Å²) in [6.07, 6.45) is 5.46. The highest BCUT2D eigenvalue weighted by Crippen LogP contribution is 2.25. The third kappa shape index (κ3) is 5.07. The van der Waals surface area contributed by atoms with Crippen molar-refractivity contribution in [3.8, 4) is 5.75 Å². The molecule has 3 rings (SSSR count). The standard InChI is InChI=1S/C19H29N3O3S/c1-3-17-14-16(4-5-19(17)25-18-6-8-20-9-7-18)15-21-10-12-22(13-11-21)26(2,23)24/h3-5,14,18,20H,1,6-13,15H2,2H3. The van der Waals surface area contributed by atoms with E-state index in [0.29, 0.717) is 13.1 Å². The van der Waals surface area contributed by atoms with Gasteiger partial charge >= 0.3 is 0 Å². The number of hydrogen-bond donors (Lipinski definition) is 1. The fourth-order valence-corrected chi connectivity index (χ4v) is 4.36. The molecule has 2 aliphatic heterocycles. The van der Waals surface area contributed by atoms with Crippen LogP contribution in [0.2, 0.25) is 0 Å². The highest BCUT2D eigenvalue weighted by Gasteiger charge is 2.23. The number of rotatable bonds is 6. The van der Waals surface area contributed by atoms with Crippen molar-refractivity contribution in [1.29, 1.82) is 0 Å². The summed E-state index contributed by atoms with van der Waals surface area (Å²) in [4.78, 5) is 2.29. The van der Waals surface area contributed by atoms with E-state index in [-0.39, 0.29) is 6.10 Å². The Morgan fingerprint density at radius 3 is 2.54 bits per heavy atom. The summed E-state index contributed by atoms with van der Waals surface area (Å²) in [5, 5.41) is 3.35. The van der Waals surface area contributed by atoms with Gasteiger partial charge < -0.3 is 10.1 Å². The minimum atomic E-state index is -3.08. The first-order valence-electron chi connectivity index (χ1n) is 9.26. The zero-order valence-corrected chi connectivity index (χ0v) is 16.3. The molecular formula is C19H29N3O3S. The Hall–Kier alpha value is -1.41. The summed E-state index contributed by atoms with van der Waals surface area (Å²) in [6, 6.07) is 6.28. The van der Waals surface area contributed by atoms with Gasteiger partial charge in [0.25, 0.3) is 0 Å². The molecule has 0 aromatic heterocycles. The van der Waals surface area contributed by atoms with Crippen molar-refractivity contribution < 1.29 is 13.2 Å². The normalized spacial score (nSPS) is 20.8. The molecule has 7 heteroatoms. The van der Waals surface area contributed by atoms with Crippen LogP contribution in [0.3, 0.4) is 0 Å². The van der Waals surface area contributed by atoms with Gasteiger partial charge in [-0.05, 0) is 43.6 Å². The van der Waals surface area contributed by atoms with Crippen LogP contribution in [0.1, 0.15) is 24.0 Å². The molecule has 2 saturated heterocycles. The number of nitrogens with one attached hydrogen (secondary N) is 1. The number of nitrogens with zero attached hydrogens (tertiary/aromatic N) is 2. The van der Waals surface area contributed by atoms with Crippen LogP contribution in [0.25, 0.3) is 6.08 Å². The quantitative estimate of drug-likeness (QED) is 0.812. The lowest BCUT2D eigenvalue weighted by molar-refractivity contribution is 0.162. The van der Waals surface area contributed by atoms with Crippen LogP contribution < -0.4 is 10.1 Å². The van der Waals surface area contributed by atoms with E-state index < -0.39 is 10.0 Å². The zero-order valence-electron chi connectivity index (χ0n) is 15.5. The molecule has 1 aromatic carbocycles. The molecule has 0 aliphatic carbocycles. The smallest absolute Gasteiger partial charge is 0.211 e. The van der Waals surface area contributed by atoms with Gasteiger partial charge in [-0.3, -0.25) is 4.90 Å². The molecule has 1 N–H and O–H groups in total. The van der Waals surface area contributed by atoms with Crippen molar-refractivity contribution in [1.82, 2.24) is 14.5 Å². The Balaban J connectivity index is 1.60. The second-order valence-electron chi connectivity index (χ2n) is 7.08. The Morgan fingerprint density at radius 1 is 1.23 bits per heavy atom. The molecule has 0 unspecified atom stereocenters. The molecule has 0 amide bonds. The van der Waals surface area contributed by atoms with Gasteiger partial charge in [0.15, 0.2) is 0 Å². The lowest BCUT2D eigenvalue weighted by Crippen LogP contribution is -2.47. The average Bonchev–Trinajstić information content (AvgIpc) is 2.63.